The van der Waals surface area contributed by atoms with E-state index in [1.165, 1.54) is 6.07 Å². The Kier molecular flexibility index (Phi) is 7.57. The zero-order valence-corrected chi connectivity index (χ0v) is 17.5. The quantitative estimate of drug-likeness (QED) is 0.634. The van der Waals surface area contributed by atoms with Gasteiger partial charge in [-0.1, -0.05) is 0 Å². The SMILES string of the molecule is CCNc1ccc(C(F)(F)F)cc1NC(=O)C(NC(=O)OC(C)(C)C)C1CCOC1. The number of carbonyl (C=O) groups is 2. The van der Waals surface area contributed by atoms with Crippen molar-refractivity contribution >= 4 is 23.4 Å². The van der Waals surface area contributed by atoms with Gasteiger partial charge < -0.3 is 25.4 Å². The fourth-order valence-corrected chi connectivity index (χ4v) is 3.03. The highest BCUT2D eigenvalue weighted by atomic mass is 19.4. The fraction of sp³-hybridized carbons (Fsp3) is 0.600. The number of hydrogen-bond donors (Lipinski definition) is 3. The Morgan fingerprint density at radius 3 is 2.47 bits per heavy atom. The molecule has 1 aliphatic rings. The molecule has 1 heterocycles. The van der Waals surface area contributed by atoms with Gasteiger partial charge in [-0.05, 0) is 52.3 Å². The van der Waals surface area contributed by atoms with Crippen LogP contribution >= 0.6 is 0 Å². The maximum atomic E-state index is 13.1. The lowest BCUT2D eigenvalue weighted by atomic mass is 9.98. The number of hydrogen-bond acceptors (Lipinski definition) is 5. The van der Waals surface area contributed by atoms with E-state index in [1.807, 2.05) is 0 Å². The third-order valence-electron chi connectivity index (χ3n) is 4.36. The lowest BCUT2D eigenvalue weighted by molar-refractivity contribution is -0.137. The van der Waals surface area contributed by atoms with E-state index in [0.717, 1.165) is 12.1 Å². The van der Waals surface area contributed by atoms with Crippen LogP contribution in [0.2, 0.25) is 0 Å². The molecule has 1 aromatic rings. The molecule has 2 unspecified atom stereocenters. The largest absolute Gasteiger partial charge is 0.444 e. The van der Waals surface area contributed by atoms with Gasteiger partial charge in [0.1, 0.15) is 11.6 Å². The summed E-state index contributed by atoms with van der Waals surface area (Å²) in [6.45, 7) is 7.96. The van der Waals surface area contributed by atoms with Gasteiger partial charge in [-0.25, -0.2) is 4.79 Å². The van der Waals surface area contributed by atoms with Gasteiger partial charge in [0.05, 0.1) is 23.5 Å². The summed E-state index contributed by atoms with van der Waals surface area (Å²) in [7, 11) is 0. The Labute approximate surface area is 173 Å². The molecular weight excluding hydrogens is 403 g/mol. The van der Waals surface area contributed by atoms with Gasteiger partial charge >= 0.3 is 12.3 Å². The standard InChI is InChI=1S/C20H28F3N3O4/c1-5-24-14-7-6-13(20(21,22)23)10-15(14)25-17(27)16(12-8-9-29-11-12)26-18(28)30-19(2,3)4/h6-7,10,12,16,24H,5,8-9,11H2,1-4H3,(H,25,27)(H,26,28). The molecule has 2 rings (SSSR count). The summed E-state index contributed by atoms with van der Waals surface area (Å²) in [6.07, 6.45) is -4.82. The van der Waals surface area contributed by atoms with Crippen molar-refractivity contribution < 1.29 is 32.2 Å². The highest BCUT2D eigenvalue weighted by molar-refractivity contribution is 5.99. The van der Waals surface area contributed by atoms with Crippen LogP contribution in [0.5, 0.6) is 0 Å². The lowest BCUT2D eigenvalue weighted by Gasteiger charge is -2.26. The summed E-state index contributed by atoms with van der Waals surface area (Å²) in [4.78, 5) is 25.2. The van der Waals surface area contributed by atoms with Gasteiger partial charge in [-0.2, -0.15) is 13.2 Å². The zero-order chi connectivity index (χ0) is 22.5. The second kappa shape index (κ2) is 9.55. The van der Waals surface area contributed by atoms with Crippen molar-refractivity contribution in [3.63, 3.8) is 0 Å². The first-order valence-electron chi connectivity index (χ1n) is 9.74. The number of amides is 2. The molecule has 1 fully saturated rings. The number of benzene rings is 1. The van der Waals surface area contributed by atoms with Gasteiger partial charge in [0, 0.05) is 19.1 Å². The Morgan fingerprint density at radius 1 is 1.23 bits per heavy atom. The topological polar surface area (TPSA) is 88.7 Å². The van der Waals surface area contributed by atoms with Crippen LogP contribution in [-0.4, -0.2) is 43.4 Å². The van der Waals surface area contributed by atoms with Crippen molar-refractivity contribution in [2.45, 2.75) is 51.9 Å². The number of anilines is 2. The van der Waals surface area contributed by atoms with E-state index in [4.69, 9.17) is 9.47 Å². The van der Waals surface area contributed by atoms with Crippen LogP contribution in [0.4, 0.5) is 29.3 Å². The molecule has 168 valence electrons. The average Bonchev–Trinajstić information content (AvgIpc) is 3.13. The van der Waals surface area contributed by atoms with Crippen LogP contribution < -0.4 is 16.0 Å². The number of nitrogens with one attached hydrogen (secondary N) is 3. The number of alkyl halides is 3. The van der Waals surface area contributed by atoms with E-state index in [1.54, 1.807) is 27.7 Å². The Morgan fingerprint density at radius 2 is 1.93 bits per heavy atom. The third kappa shape index (κ3) is 6.79. The maximum Gasteiger partial charge on any atom is 0.416 e. The second-order valence-corrected chi connectivity index (χ2v) is 8.03. The van der Waals surface area contributed by atoms with Gasteiger partial charge in [-0.15, -0.1) is 0 Å². The van der Waals surface area contributed by atoms with Gasteiger partial charge in [-0.3, -0.25) is 4.79 Å². The van der Waals surface area contributed by atoms with E-state index in [2.05, 4.69) is 16.0 Å². The molecule has 0 radical (unpaired) electrons. The number of carbonyl (C=O) groups excluding carboxylic acids is 2. The smallest absolute Gasteiger partial charge is 0.416 e. The summed E-state index contributed by atoms with van der Waals surface area (Å²) in [5, 5.41) is 7.98. The number of rotatable bonds is 6. The van der Waals surface area contributed by atoms with Crippen molar-refractivity contribution in [3.05, 3.63) is 23.8 Å². The Hall–Kier alpha value is -2.49. The molecule has 1 aliphatic heterocycles. The lowest BCUT2D eigenvalue weighted by Crippen LogP contribution is -2.50. The predicted octanol–water partition coefficient (Wildman–Crippen LogP) is 4.01. The molecule has 0 spiro atoms. The molecule has 0 aliphatic carbocycles. The summed E-state index contributed by atoms with van der Waals surface area (Å²) < 4.78 is 49.9. The molecule has 1 aromatic carbocycles. The molecule has 0 saturated carbocycles. The van der Waals surface area contributed by atoms with Gasteiger partial charge in [0.15, 0.2) is 0 Å². The Bertz CT molecular complexity index is 757. The van der Waals surface area contributed by atoms with Crippen molar-refractivity contribution in [1.29, 1.82) is 0 Å². The molecular formula is C20H28F3N3O4. The highest BCUT2D eigenvalue weighted by Gasteiger charge is 2.35. The minimum absolute atomic E-state index is 0.0217. The minimum atomic E-state index is -4.56. The third-order valence-corrected chi connectivity index (χ3v) is 4.36. The molecule has 10 heteroatoms. The highest BCUT2D eigenvalue weighted by Crippen LogP contribution is 2.34. The van der Waals surface area contributed by atoms with Crippen molar-refractivity contribution in [2.24, 2.45) is 5.92 Å². The van der Waals surface area contributed by atoms with Gasteiger partial charge in [0.2, 0.25) is 5.91 Å². The van der Waals surface area contributed by atoms with Gasteiger partial charge in [0.25, 0.3) is 0 Å². The van der Waals surface area contributed by atoms with E-state index >= 15 is 0 Å². The maximum absolute atomic E-state index is 13.1. The fourth-order valence-electron chi connectivity index (χ4n) is 3.03. The molecule has 2 atom stereocenters. The first-order valence-corrected chi connectivity index (χ1v) is 9.74. The zero-order valence-electron chi connectivity index (χ0n) is 17.5. The van der Waals surface area contributed by atoms with Crippen LogP contribution in [-0.2, 0) is 20.4 Å². The number of alkyl carbamates (subject to hydrolysis) is 1. The molecule has 3 N–H and O–H groups in total. The summed E-state index contributed by atoms with van der Waals surface area (Å²) >= 11 is 0. The summed E-state index contributed by atoms with van der Waals surface area (Å²) in [6, 6.07) is 2.04. The van der Waals surface area contributed by atoms with Crippen LogP contribution in [0.15, 0.2) is 18.2 Å². The monoisotopic (exact) mass is 431 g/mol. The van der Waals surface area contributed by atoms with Crippen LogP contribution in [0.3, 0.4) is 0 Å². The first-order chi connectivity index (χ1) is 13.9. The van der Waals surface area contributed by atoms with Crippen LogP contribution in [0, 0.1) is 5.92 Å². The molecule has 1 saturated heterocycles. The van der Waals surface area contributed by atoms with E-state index in [0.29, 0.717) is 25.3 Å². The van der Waals surface area contributed by atoms with Crippen molar-refractivity contribution in [2.75, 3.05) is 30.4 Å². The van der Waals surface area contributed by atoms with Crippen molar-refractivity contribution in [3.8, 4) is 0 Å². The molecule has 0 aromatic heterocycles. The molecule has 2 amide bonds. The Balaban J connectivity index is 2.26. The van der Waals surface area contributed by atoms with E-state index in [9.17, 15) is 22.8 Å². The molecule has 7 nitrogen and oxygen atoms in total. The predicted molar refractivity (Wildman–Crippen MR) is 106 cm³/mol. The number of ether oxygens (including phenoxy) is 2. The van der Waals surface area contributed by atoms with Crippen molar-refractivity contribution in [1.82, 2.24) is 5.32 Å². The number of halogens is 3. The minimum Gasteiger partial charge on any atom is -0.444 e. The van der Waals surface area contributed by atoms with E-state index < -0.39 is 35.4 Å². The molecule has 30 heavy (non-hydrogen) atoms. The molecule has 0 bridgehead atoms. The first kappa shape index (κ1) is 23.8. The normalized spacial score (nSPS) is 17.9. The summed E-state index contributed by atoms with van der Waals surface area (Å²) in [5.74, 6) is -0.972. The second-order valence-electron chi connectivity index (χ2n) is 8.03. The van der Waals surface area contributed by atoms with Crippen LogP contribution in [0.25, 0.3) is 0 Å². The van der Waals surface area contributed by atoms with Crippen LogP contribution in [0.1, 0.15) is 39.7 Å². The average molecular weight is 431 g/mol. The van der Waals surface area contributed by atoms with E-state index in [-0.39, 0.29) is 18.2 Å². The summed E-state index contributed by atoms with van der Waals surface area (Å²) in [5.41, 5.74) is -1.33.